The lowest BCUT2D eigenvalue weighted by atomic mass is 10.2. The third-order valence-electron chi connectivity index (χ3n) is 3.97. The number of carbonyl (C=O) groups is 1. The van der Waals surface area contributed by atoms with Crippen molar-refractivity contribution in [3.8, 4) is 11.5 Å². The fraction of sp³-hybridized carbons (Fsp3) is 0.588. The highest BCUT2D eigenvalue weighted by Gasteiger charge is 2.19. The number of rotatable bonds is 9. The normalized spacial score (nSPS) is 13.5. The van der Waals surface area contributed by atoms with Crippen LogP contribution in [0.2, 0.25) is 0 Å². The average Bonchev–Trinajstić information content (AvgIpc) is 2.59. The van der Waals surface area contributed by atoms with Crippen LogP contribution in [0, 0.1) is 0 Å². The van der Waals surface area contributed by atoms with E-state index >= 15 is 0 Å². The van der Waals surface area contributed by atoms with Gasteiger partial charge in [-0.25, -0.2) is 13.1 Å². The number of nitrogens with zero attached hydrogens (tertiary/aromatic N) is 1. The molecule has 1 aromatic carbocycles. The predicted molar refractivity (Wildman–Crippen MR) is 94.4 cm³/mol. The molecule has 1 aliphatic heterocycles. The fourth-order valence-corrected chi connectivity index (χ4v) is 3.60. The van der Waals surface area contributed by atoms with Gasteiger partial charge < -0.3 is 14.4 Å². The Hall–Kier alpha value is -1.80. The molecule has 0 saturated heterocycles. The van der Waals surface area contributed by atoms with Gasteiger partial charge in [-0.05, 0) is 18.6 Å². The van der Waals surface area contributed by atoms with Crippen molar-refractivity contribution in [1.29, 1.82) is 0 Å². The molecule has 1 aromatic rings. The molecule has 0 fully saturated rings. The highest BCUT2D eigenvalue weighted by Crippen LogP contribution is 2.32. The van der Waals surface area contributed by atoms with Crippen molar-refractivity contribution in [2.75, 3.05) is 32.8 Å². The first kappa shape index (κ1) is 19.5. The summed E-state index contributed by atoms with van der Waals surface area (Å²) in [5, 5.41) is 0. The van der Waals surface area contributed by atoms with Crippen molar-refractivity contribution in [3.05, 3.63) is 18.2 Å². The van der Waals surface area contributed by atoms with Gasteiger partial charge in [-0.3, -0.25) is 4.79 Å². The van der Waals surface area contributed by atoms with Crippen LogP contribution >= 0.6 is 0 Å². The van der Waals surface area contributed by atoms with E-state index in [0.717, 1.165) is 19.3 Å². The number of carbonyl (C=O) groups excluding carboxylic acids is 1. The van der Waals surface area contributed by atoms with E-state index in [4.69, 9.17) is 9.47 Å². The Morgan fingerprint density at radius 1 is 1.16 bits per heavy atom. The number of unbranched alkanes of at least 4 members (excludes halogenated alkanes) is 2. The molecule has 0 atom stereocenters. The molecule has 1 aliphatic rings. The number of nitrogens with one attached hydrogen (secondary N) is 1. The van der Waals surface area contributed by atoms with Gasteiger partial charge in [0.15, 0.2) is 11.5 Å². The van der Waals surface area contributed by atoms with Crippen LogP contribution in [0.15, 0.2) is 23.1 Å². The Morgan fingerprint density at radius 2 is 1.88 bits per heavy atom. The van der Waals surface area contributed by atoms with Crippen LogP contribution < -0.4 is 14.2 Å². The van der Waals surface area contributed by atoms with Gasteiger partial charge in [0.05, 0.1) is 4.90 Å². The van der Waals surface area contributed by atoms with Gasteiger partial charge in [0.2, 0.25) is 15.9 Å². The minimum atomic E-state index is -3.66. The lowest BCUT2D eigenvalue weighted by molar-refractivity contribution is -0.128. The molecule has 0 spiro atoms. The van der Waals surface area contributed by atoms with E-state index < -0.39 is 10.0 Å². The summed E-state index contributed by atoms with van der Waals surface area (Å²) in [6.07, 6.45) is 3.04. The molecule has 0 saturated carbocycles. The summed E-state index contributed by atoms with van der Waals surface area (Å²) in [6, 6.07) is 4.54. The Balaban J connectivity index is 1.93. The molecule has 1 N–H and O–H groups in total. The number of hydrogen-bond donors (Lipinski definition) is 1. The highest BCUT2D eigenvalue weighted by atomic mass is 32.2. The van der Waals surface area contributed by atoms with Gasteiger partial charge in [-0.2, -0.15) is 0 Å². The van der Waals surface area contributed by atoms with E-state index in [1.807, 2.05) is 0 Å². The molecule has 25 heavy (non-hydrogen) atoms. The first-order chi connectivity index (χ1) is 11.9. The maximum absolute atomic E-state index is 12.4. The zero-order valence-electron chi connectivity index (χ0n) is 14.8. The maximum atomic E-state index is 12.4. The SMILES string of the molecule is CCCCCN(CCNS(=O)(=O)c1ccc2c(c1)OCCO2)C(C)=O. The number of benzene rings is 1. The smallest absolute Gasteiger partial charge is 0.240 e. The quantitative estimate of drug-likeness (QED) is 0.670. The predicted octanol–water partition coefficient (Wildman–Crippen LogP) is 1.77. The second-order valence-electron chi connectivity index (χ2n) is 5.92. The van der Waals surface area contributed by atoms with Gasteiger partial charge in [0.1, 0.15) is 13.2 Å². The second-order valence-corrected chi connectivity index (χ2v) is 7.68. The molecule has 7 nitrogen and oxygen atoms in total. The van der Waals surface area contributed by atoms with Gasteiger partial charge in [0.25, 0.3) is 0 Å². The summed E-state index contributed by atoms with van der Waals surface area (Å²) in [5.74, 6) is 0.928. The van der Waals surface area contributed by atoms with Gasteiger partial charge in [-0.15, -0.1) is 0 Å². The zero-order valence-corrected chi connectivity index (χ0v) is 15.6. The molecule has 2 rings (SSSR count). The van der Waals surface area contributed by atoms with Gasteiger partial charge >= 0.3 is 0 Å². The number of amides is 1. The van der Waals surface area contributed by atoms with Crippen molar-refractivity contribution in [2.24, 2.45) is 0 Å². The summed E-state index contributed by atoms with van der Waals surface area (Å²) in [4.78, 5) is 13.4. The molecule has 8 heteroatoms. The van der Waals surface area contributed by atoms with Crippen LogP contribution in [-0.2, 0) is 14.8 Å². The van der Waals surface area contributed by atoms with Crippen LogP contribution in [0.5, 0.6) is 11.5 Å². The molecule has 1 amide bonds. The monoisotopic (exact) mass is 370 g/mol. The number of ether oxygens (including phenoxy) is 2. The van der Waals surface area contributed by atoms with Gasteiger partial charge in [-0.1, -0.05) is 19.8 Å². The Morgan fingerprint density at radius 3 is 2.56 bits per heavy atom. The van der Waals surface area contributed by atoms with E-state index in [0.29, 0.717) is 37.8 Å². The number of sulfonamides is 1. The van der Waals surface area contributed by atoms with Crippen molar-refractivity contribution in [1.82, 2.24) is 9.62 Å². The van der Waals surface area contributed by atoms with Crippen LogP contribution in [0.25, 0.3) is 0 Å². The Kier molecular flexibility index (Phi) is 7.07. The summed E-state index contributed by atoms with van der Waals surface area (Å²) in [5.41, 5.74) is 0. The van der Waals surface area contributed by atoms with E-state index in [2.05, 4.69) is 11.6 Å². The fourth-order valence-electron chi connectivity index (χ4n) is 2.57. The summed E-state index contributed by atoms with van der Waals surface area (Å²) >= 11 is 0. The third-order valence-corrected chi connectivity index (χ3v) is 5.43. The first-order valence-electron chi connectivity index (χ1n) is 8.59. The topological polar surface area (TPSA) is 84.9 Å². The third kappa shape index (κ3) is 5.61. The largest absolute Gasteiger partial charge is 0.486 e. The number of fused-ring (bicyclic) bond motifs is 1. The van der Waals surface area contributed by atoms with Crippen molar-refractivity contribution < 1.29 is 22.7 Å². The summed E-state index contributed by atoms with van der Waals surface area (Å²) in [6.45, 7) is 5.62. The first-order valence-corrected chi connectivity index (χ1v) is 10.1. The molecule has 0 aliphatic carbocycles. The van der Waals surface area contributed by atoms with E-state index in [1.165, 1.54) is 19.1 Å². The van der Waals surface area contributed by atoms with E-state index in [9.17, 15) is 13.2 Å². The maximum Gasteiger partial charge on any atom is 0.240 e. The molecular weight excluding hydrogens is 344 g/mol. The van der Waals surface area contributed by atoms with Gasteiger partial charge in [0, 0.05) is 32.6 Å². The molecule has 0 aromatic heterocycles. The van der Waals surface area contributed by atoms with E-state index in [1.54, 1.807) is 11.0 Å². The van der Waals surface area contributed by atoms with Crippen LogP contribution in [-0.4, -0.2) is 52.1 Å². The Bertz CT molecular complexity index is 690. The standard InChI is InChI=1S/C17H26N2O5S/c1-3-4-5-9-19(14(2)20)10-8-18-25(21,22)15-6-7-16-17(13-15)24-12-11-23-16/h6-7,13,18H,3-5,8-12H2,1-2H3. The zero-order chi connectivity index (χ0) is 18.3. The summed E-state index contributed by atoms with van der Waals surface area (Å²) < 4.78 is 38.2. The van der Waals surface area contributed by atoms with Crippen molar-refractivity contribution >= 4 is 15.9 Å². The molecule has 0 unspecified atom stereocenters. The Labute approximate surface area is 149 Å². The minimum Gasteiger partial charge on any atom is -0.486 e. The van der Waals surface area contributed by atoms with E-state index in [-0.39, 0.29) is 17.3 Å². The van der Waals surface area contributed by atoms with Crippen LogP contribution in [0.3, 0.4) is 0 Å². The minimum absolute atomic E-state index is 0.0466. The molecule has 0 bridgehead atoms. The number of hydrogen-bond acceptors (Lipinski definition) is 5. The highest BCUT2D eigenvalue weighted by molar-refractivity contribution is 7.89. The summed E-state index contributed by atoms with van der Waals surface area (Å²) in [7, 11) is -3.66. The lowest BCUT2D eigenvalue weighted by Crippen LogP contribution is -2.38. The molecule has 140 valence electrons. The molecule has 1 heterocycles. The molecule has 0 radical (unpaired) electrons. The second kappa shape index (κ2) is 9.05. The van der Waals surface area contributed by atoms with Crippen molar-refractivity contribution in [2.45, 2.75) is 38.0 Å². The van der Waals surface area contributed by atoms with Crippen LogP contribution in [0.4, 0.5) is 0 Å². The lowest BCUT2D eigenvalue weighted by Gasteiger charge is -2.21. The molecular formula is C17H26N2O5S. The van der Waals surface area contributed by atoms with Crippen LogP contribution in [0.1, 0.15) is 33.1 Å². The van der Waals surface area contributed by atoms with Crippen molar-refractivity contribution in [3.63, 3.8) is 0 Å². The average molecular weight is 370 g/mol.